The monoisotopic (exact) mass is 421 g/mol. The molecule has 0 amide bonds. The lowest BCUT2D eigenvalue weighted by atomic mass is 10.2. The molecule has 1 saturated heterocycles. The topological polar surface area (TPSA) is 55.2 Å². The van der Waals surface area contributed by atoms with Gasteiger partial charge in [0.05, 0.1) is 11.8 Å². The first-order chi connectivity index (χ1) is 14.7. The van der Waals surface area contributed by atoms with E-state index in [1.165, 1.54) is 18.5 Å². The van der Waals surface area contributed by atoms with Crippen LogP contribution in [0.2, 0.25) is 0 Å². The van der Waals surface area contributed by atoms with Crippen molar-refractivity contribution in [3.63, 3.8) is 0 Å². The fourth-order valence-corrected chi connectivity index (χ4v) is 4.50. The Morgan fingerprint density at radius 3 is 2.57 bits per heavy atom. The molecule has 1 aliphatic heterocycles. The summed E-state index contributed by atoms with van der Waals surface area (Å²) < 4.78 is 8.26. The van der Waals surface area contributed by atoms with Crippen molar-refractivity contribution in [3.8, 4) is 5.69 Å². The highest BCUT2D eigenvalue weighted by Crippen LogP contribution is 2.40. The van der Waals surface area contributed by atoms with Crippen molar-refractivity contribution < 1.29 is 4.74 Å². The van der Waals surface area contributed by atoms with Gasteiger partial charge in [-0.15, -0.1) is 5.10 Å². The Morgan fingerprint density at radius 1 is 1.10 bits per heavy atom. The first-order valence-corrected chi connectivity index (χ1v) is 11.5. The second-order valence-electron chi connectivity index (χ2n) is 8.12. The zero-order chi connectivity index (χ0) is 20.5. The number of thioether (sulfide) groups is 1. The summed E-state index contributed by atoms with van der Waals surface area (Å²) in [6.45, 7) is 0.835. The highest BCUT2D eigenvalue weighted by molar-refractivity contribution is 7.99. The van der Waals surface area contributed by atoms with Crippen molar-refractivity contribution >= 4 is 17.4 Å². The van der Waals surface area contributed by atoms with Crippen LogP contribution in [0.25, 0.3) is 5.69 Å². The van der Waals surface area contributed by atoms with Crippen LogP contribution in [0, 0.1) is 0 Å². The van der Waals surface area contributed by atoms with Gasteiger partial charge in [0.25, 0.3) is 0 Å². The normalized spacial score (nSPS) is 21.1. The Balaban J connectivity index is 1.22. The van der Waals surface area contributed by atoms with E-state index in [1.54, 1.807) is 11.8 Å². The van der Waals surface area contributed by atoms with Crippen molar-refractivity contribution in [1.82, 2.24) is 20.1 Å². The number of nitrogens with zero attached hydrogens (tertiary/aromatic N) is 4. The average molecular weight is 422 g/mol. The first kappa shape index (κ1) is 19.6. The van der Waals surface area contributed by atoms with Crippen LogP contribution in [-0.4, -0.2) is 47.3 Å². The maximum absolute atomic E-state index is 6.24. The summed E-state index contributed by atoms with van der Waals surface area (Å²) >= 11 is 1.68. The molecule has 1 aliphatic carbocycles. The van der Waals surface area contributed by atoms with E-state index in [-0.39, 0.29) is 12.3 Å². The summed E-state index contributed by atoms with van der Waals surface area (Å²) in [5, 5.41) is 9.11. The predicted molar refractivity (Wildman–Crippen MR) is 120 cm³/mol. The fraction of sp³-hybridized carbons (Fsp3) is 0.391. The smallest absolute Gasteiger partial charge is 0.209 e. The van der Waals surface area contributed by atoms with E-state index < -0.39 is 0 Å². The Kier molecular flexibility index (Phi) is 5.50. The third-order valence-corrected chi connectivity index (χ3v) is 6.50. The third kappa shape index (κ3) is 4.24. The molecule has 6 nitrogen and oxygen atoms in total. The van der Waals surface area contributed by atoms with Crippen molar-refractivity contribution in [1.29, 1.82) is 0 Å². The van der Waals surface area contributed by atoms with E-state index in [9.17, 15) is 0 Å². The maximum Gasteiger partial charge on any atom is 0.209 e. The Hall–Kier alpha value is -2.35. The molecule has 2 fully saturated rings. The van der Waals surface area contributed by atoms with E-state index in [4.69, 9.17) is 14.8 Å². The minimum Gasteiger partial charge on any atom is -0.378 e. The second-order valence-corrected chi connectivity index (χ2v) is 9.10. The van der Waals surface area contributed by atoms with Gasteiger partial charge in [-0.3, -0.25) is 5.32 Å². The van der Waals surface area contributed by atoms with Gasteiger partial charge in [-0.2, -0.15) is 0 Å². The van der Waals surface area contributed by atoms with Gasteiger partial charge in [-0.05, 0) is 42.7 Å². The molecule has 30 heavy (non-hydrogen) atoms. The molecular weight excluding hydrogens is 394 g/mol. The molecule has 0 bridgehead atoms. The molecule has 2 aromatic carbocycles. The van der Waals surface area contributed by atoms with Crippen LogP contribution < -0.4 is 10.2 Å². The molecule has 156 valence electrons. The molecule has 3 aromatic rings. The number of anilines is 1. The van der Waals surface area contributed by atoms with Gasteiger partial charge in [-0.1, -0.05) is 42.1 Å². The van der Waals surface area contributed by atoms with Gasteiger partial charge in [0.15, 0.2) is 0 Å². The quantitative estimate of drug-likeness (QED) is 0.582. The van der Waals surface area contributed by atoms with Gasteiger partial charge in [0.1, 0.15) is 12.1 Å². The number of hydrogen-bond acceptors (Lipinski definition) is 6. The molecule has 2 heterocycles. The minimum absolute atomic E-state index is 0.0522. The Bertz CT molecular complexity index is 985. The lowest BCUT2D eigenvalue weighted by molar-refractivity contribution is 0.0534. The minimum atomic E-state index is -0.0522. The molecule has 0 unspecified atom stereocenters. The van der Waals surface area contributed by atoms with Crippen molar-refractivity contribution in [2.24, 2.45) is 0 Å². The van der Waals surface area contributed by atoms with Crippen LogP contribution in [0.15, 0.2) is 59.8 Å². The van der Waals surface area contributed by atoms with Crippen LogP contribution in [0.4, 0.5) is 5.69 Å². The predicted octanol–water partition coefficient (Wildman–Crippen LogP) is 3.99. The van der Waals surface area contributed by atoms with Crippen LogP contribution >= 0.6 is 11.8 Å². The summed E-state index contributed by atoms with van der Waals surface area (Å²) in [5.41, 5.74) is 3.43. The van der Waals surface area contributed by atoms with Crippen molar-refractivity contribution in [2.75, 3.05) is 31.3 Å². The number of para-hydroxylation sites is 1. The fourth-order valence-electron chi connectivity index (χ4n) is 3.67. The van der Waals surface area contributed by atoms with Crippen LogP contribution in [0.1, 0.15) is 36.4 Å². The van der Waals surface area contributed by atoms with E-state index >= 15 is 0 Å². The number of aromatic nitrogens is 3. The number of benzene rings is 2. The summed E-state index contributed by atoms with van der Waals surface area (Å²) in [4.78, 5) is 6.95. The van der Waals surface area contributed by atoms with Gasteiger partial charge < -0.3 is 9.64 Å². The summed E-state index contributed by atoms with van der Waals surface area (Å²) in [5.74, 6) is 2.47. The van der Waals surface area contributed by atoms with Crippen molar-refractivity contribution in [3.05, 3.63) is 66.0 Å². The highest BCUT2D eigenvalue weighted by Gasteiger charge is 2.31. The Morgan fingerprint density at radius 2 is 1.87 bits per heavy atom. The van der Waals surface area contributed by atoms with Gasteiger partial charge in [-0.25, -0.2) is 9.67 Å². The van der Waals surface area contributed by atoms with E-state index in [0.717, 1.165) is 34.5 Å². The van der Waals surface area contributed by atoms with Gasteiger partial charge in [0.2, 0.25) is 5.16 Å². The molecule has 0 radical (unpaired) electrons. The van der Waals surface area contributed by atoms with Gasteiger partial charge >= 0.3 is 0 Å². The zero-order valence-electron chi connectivity index (χ0n) is 17.4. The lowest BCUT2D eigenvalue weighted by Crippen LogP contribution is -2.17. The molecule has 2 aliphatic rings. The molecule has 0 spiro atoms. The van der Waals surface area contributed by atoms with Crippen LogP contribution in [-0.2, 0) is 4.74 Å². The zero-order valence-corrected chi connectivity index (χ0v) is 18.2. The van der Waals surface area contributed by atoms with Crippen LogP contribution in [0.3, 0.4) is 0 Å². The van der Waals surface area contributed by atoms with E-state index in [2.05, 4.69) is 46.6 Å². The molecule has 1 aromatic heterocycles. The first-order valence-electron chi connectivity index (χ1n) is 10.5. The average Bonchev–Trinajstić information content (AvgIpc) is 3.35. The number of hydrogen-bond donors (Lipinski definition) is 1. The van der Waals surface area contributed by atoms with E-state index in [0.29, 0.717) is 5.92 Å². The van der Waals surface area contributed by atoms with Crippen LogP contribution in [0.5, 0.6) is 0 Å². The van der Waals surface area contributed by atoms with Crippen molar-refractivity contribution in [2.45, 2.75) is 36.2 Å². The number of ether oxygens (including phenoxy) is 1. The molecular formula is C23H27N5OS. The maximum atomic E-state index is 6.24. The Labute approximate surface area is 181 Å². The summed E-state index contributed by atoms with van der Waals surface area (Å²) in [7, 11) is 4.10. The highest BCUT2D eigenvalue weighted by atomic mass is 32.2. The largest absolute Gasteiger partial charge is 0.378 e. The molecule has 1 saturated carbocycles. The summed E-state index contributed by atoms with van der Waals surface area (Å²) in [6.07, 6.45) is 2.50. The second kappa shape index (κ2) is 8.41. The molecule has 5 rings (SSSR count). The third-order valence-electron chi connectivity index (χ3n) is 5.53. The molecule has 1 N–H and O–H groups in total. The lowest BCUT2D eigenvalue weighted by Gasteiger charge is -2.16. The molecule has 2 atom stereocenters. The van der Waals surface area contributed by atoms with E-state index in [1.807, 2.05) is 37.0 Å². The number of rotatable bonds is 7. The van der Waals surface area contributed by atoms with Gasteiger partial charge in [0, 0.05) is 38.0 Å². The summed E-state index contributed by atoms with van der Waals surface area (Å²) in [6, 6.07) is 18.8. The number of nitrogens with one attached hydrogen (secondary N) is 1. The SMILES string of the molecule is CN(C)c1ccc([C@H]2NC[C@@H](CSc3nc(C4CC4)n(-c4ccccc4)n3)O2)cc1. The standard InChI is InChI=1S/C23H27N5OS/c1-27(2)18-12-10-17(11-13-18)22-24-14-20(29-22)15-30-23-25-21(16-8-9-16)28(26-23)19-6-4-3-5-7-19/h3-7,10-13,16,20,22,24H,8-9,14-15H2,1-2H3/t20-,22-/m0/s1. The molecule has 7 heteroatoms.